The number of rotatable bonds is 9. The standard InChI is InChI=1S/2C43H25N3O.C39H23N3O/c1-2-10-28-24-29(17-16-26(28)8-1)41-44-42(30-19-23-40-38(25-30)36-12-5-6-15-39(36)47-40)46-43(45-41)37-14-7-13-32-34-20-18-27-9-3-4-11-31(27)33(34)21-22-35(32)37;1-2-10-28-24-29(17-16-26(28)8-1)41-44-42(30-19-21-37-36-12-5-6-15-39(36)47-40(37)25-30)46-43(45-41)38-14-7-13-32-34-20-18-27-9-3-4-11-31(27)33(34)22-23-35(32)38;1-2-10-25(11-3-1)37-40-38(26-18-22-36-34(23-26)32-13-6-7-16-35(32)43-36)42-39(41-37)33-15-8-14-28-30-19-17-24-9-4-5-12-27(24)29(30)20-21-31(28)33/h2*1-25H;1-23H. The number of nitrogens with zero attached hydrogens (tertiary/aromatic N) is 9. The van der Waals surface area contributed by atoms with Gasteiger partial charge in [0.2, 0.25) is 0 Å². The normalized spacial score (nSPS) is 11.8. The maximum atomic E-state index is 6.25. The third-order valence-electron chi connectivity index (χ3n) is 26.9. The van der Waals surface area contributed by atoms with Gasteiger partial charge in [0, 0.05) is 82.4 Å². The quantitative estimate of drug-likeness (QED) is 0.126. The van der Waals surface area contributed by atoms with E-state index in [9.17, 15) is 0 Å². The van der Waals surface area contributed by atoms with Gasteiger partial charge < -0.3 is 13.3 Å². The second-order valence-electron chi connectivity index (χ2n) is 34.9. The van der Waals surface area contributed by atoms with E-state index in [1.807, 2.05) is 115 Å². The Morgan fingerprint density at radius 3 is 0.745 bits per heavy atom. The SMILES string of the molecule is c1ccc(-c2nc(-c3ccc4oc5ccccc5c4c3)nc(-c3cccc4c3ccc3c5ccccc5ccc43)n2)cc1.c1ccc2cc(-c3nc(-c4ccc5c(c4)oc4ccccc45)nc(-c4cccc5c4ccc4c6ccccc6ccc54)n3)ccc2c1.c1ccc2cc(-c3nc(-c4ccc5oc6ccccc6c5c4)nc(-c4cccc5c4ccc4c6ccccc6ccc54)n3)ccc2c1. The molecule has 0 aliphatic carbocycles. The lowest BCUT2D eigenvalue weighted by Crippen LogP contribution is -2.00. The highest BCUT2D eigenvalue weighted by Gasteiger charge is 2.24. The van der Waals surface area contributed by atoms with Crippen molar-refractivity contribution in [3.05, 3.63) is 443 Å². The van der Waals surface area contributed by atoms with Crippen molar-refractivity contribution >= 4 is 184 Å². The van der Waals surface area contributed by atoms with Crippen LogP contribution in [0.3, 0.4) is 0 Å². The zero-order valence-corrected chi connectivity index (χ0v) is 73.4. The van der Waals surface area contributed by atoms with Crippen LogP contribution in [0.5, 0.6) is 0 Å². The van der Waals surface area contributed by atoms with Crippen molar-refractivity contribution in [2.24, 2.45) is 0 Å². The minimum atomic E-state index is 0.601. The summed E-state index contributed by atoms with van der Waals surface area (Å²) in [6.45, 7) is 0. The Labute approximate surface area is 782 Å². The van der Waals surface area contributed by atoms with Crippen LogP contribution in [0.15, 0.2) is 456 Å². The number of fused-ring (bicyclic) bond motifs is 26. The van der Waals surface area contributed by atoms with Gasteiger partial charge in [-0.05, 0) is 197 Å². The maximum Gasteiger partial charge on any atom is 0.164 e. The smallest absolute Gasteiger partial charge is 0.164 e. The molecule has 0 spiro atoms. The molecular formula is C125H73N9O3. The van der Waals surface area contributed by atoms with Crippen LogP contribution in [-0.2, 0) is 0 Å². The molecule has 6 aromatic heterocycles. The van der Waals surface area contributed by atoms with Crippen LogP contribution in [0.1, 0.15) is 0 Å². The van der Waals surface area contributed by atoms with Gasteiger partial charge in [0.1, 0.15) is 33.5 Å². The highest BCUT2D eigenvalue weighted by molar-refractivity contribution is 6.23. The Morgan fingerprint density at radius 2 is 0.343 bits per heavy atom. The molecule has 0 saturated heterocycles. The zero-order valence-electron chi connectivity index (χ0n) is 73.4. The van der Waals surface area contributed by atoms with E-state index in [1.54, 1.807) is 0 Å². The van der Waals surface area contributed by atoms with E-state index in [-0.39, 0.29) is 0 Å². The third-order valence-corrected chi connectivity index (χ3v) is 26.9. The van der Waals surface area contributed by atoms with E-state index in [0.29, 0.717) is 52.4 Å². The van der Waals surface area contributed by atoms with Crippen LogP contribution >= 0.6 is 0 Å². The summed E-state index contributed by atoms with van der Waals surface area (Å²) in [5.41, 5.74) is 13.5. The van der Waals surface area contributed by atoms with Crippen LogP contribution in [0.2, 0.25) is 0 Å². The van der Waals surface area contributed by atoms with Crippen LogP contribution < -0.4 is 0 Å². The van der Waals surface area contributed by atoms with Gasteiger partial charge in [-0.25, -0.2) is 44.9 Å². The average molecular weight is 1750 g/mol. The highest BCUT2D eigenvalue weighted by Crippen LogP contribution is 2.44. The van der Waals surface area contributed by atoms with E-state index >= 15 is 0 Å². The first kappa shape index (κ1) is 78.2. The summed E-state index contributed by atoms with van der Waals surface area (Å²) >= 11 is 0. The molecule has 6 heterocycles. The lowest BCUT2D eigenvalue weighted by atomic mass is 9.95. The van der Waals surface area contributed by atoms with Crippen molar-refractivity contribution < 1.29 is 13.3 Å². The molecule has 0 amide bonds. The van der Waals surface area contributed by atoms with Crippen molar-refractivity contribution in [3.8, 4) is 102 Å². The van der Waals surface area contributed by atoms with Crippen molar-refractivity contribution in [1.82, 2.24) is 44.9 Å². The Hall–Kier alpha value is -18.7. The van der Waals surface area contributed by atoms with E-state index in [4.69, 9.17) is 58.1 Å². The number of furan rings is 3. The van der Waals surface area contributed by atoms with E-state index in [0.717, 1.165) is 143 Å². The molecule has 0 radical (unpaired) electrons. The van der Waals surface area contributed by atoms with Crippen molar-refractivity contribution in [3.63, 3.8) is 0 Å². The van der Waals surface area contributed by atoms with E-state index in [1.165, 1.54) is 91.6 Å². The molecule has 636 valence electrons. The van der Waals surface area contributed by atoms with Gasteiger partial charge in [0.25, 0.3) is 0 Å². The summed E-state index contributed by atoms with van der Waals surface area (Å²) in [6, 6.07) is 154. The summed E-state index contributed by atoms with van der Waals surface area (Å²) in [5, 5.41) is 32.7. The highest BCUT2D eigenvalue weighted by atomic mass is 16.3. The lowest BCUT2D eigenvalue weighted by Gasteiger charge is -2.13. The number of hydrogen-bond donors (Lipinski definition) is 0. The Balaban J connectivity index is 0.000000104. The second-order valence-corrected chi connectivity index (χ2v) is 34.9. The van der Waals surface area contributed by atoms with E-state index < -0.39 is 0 Å². The van der Waals surface area contributed by atoms with E-state index in [2.05, 4.69) is 328 Å². The van der Waals surface area contributed by atoms with Crippen LogP contribution in [0.25, 0.3) is 287 Å². The molecule has 12 heteroatoms. The molecule has 0 saturated carbocycles. The molecule has 0 aliphatic heterocycles. The molecule has 0 fully saturated rings. The lowest BCUT2D eigenvalue weighted by molar-refractivity contribution is 0.668. The first-order valence-electron chi connectivity index (χ1n) is 45.9. The van der Waals surface area contributed by atoms with Crippen LogP contribution in [-0.4, -0.2) is 44.9 Å². The van der Waals surface area contributed by atoms with Gasteiger partial charge in [-0.3, -0.25) is 0 Å². The number of benzene rings is 23. The van der Waals surface area contributed by atoms with Crippen molar-refractivity contribution in [2.45, 2.75) is 0 Å². The number of aromatic nitrogens is 9. The topological polar surface area (TPSA) is 155 Å². The Bertz CT molecular complexity index is 10100. The fraction of sp³-hybridized carbons (Fsp3) is 0. The van der Waals surface area contributed by atoms with Crippen molar-refractivity contribution in [2.75, 3.05) is 0 Å². The molecule has 137 heavy (non-hydrogen) atoms. The van der Waals surface area contributed by atoms with Gasteiger partial charge in [-0.15, -0.1) is 0 Å². The van der Waals surface area contributed by atoms with Gasteiger partial charge in [0.15, 0.2) is 52.4 Å². The minimum Gasteiger partial charge on any atom is -0.456 e. The first-order chi connectivity index (χ1) is 67.8. The fourth-order valence-electron chi connectivity index (χ4n) is 20.3. The van der Waals surface area contributed by atoms with Crippen molar-refractivity contribution in [1.29, 1.82) is 0 Å². The van der Waals surface area contributed by atoms with Crippen LogP contribution in [0, 0.1) is 0 Å². The molecule has 12 nitrogen and oxygen atoms in total. The largest absolute Gasteiger partial charge is 0.456 e. The molecular weight excluding hydrogens is 1680 g/mol. The first-order valence-corrected chi connectivity index (χ1v) is 45.9. The molecule has 0 N–H and O–H groups in total. The maximum absolute atomic E-state index is 6.25. The van der Waals surface area contributed by atoms with Gasteiger partial charge in [0.05, 0.1) is 0 Å². The monoisotopic (exact) mass is 1750 g/mol. The Morgan fingerprint density at radius 1 is 0.109 bits per heavy atom. The molecule has 0 bridgehead atoms. The molecule has 29 aromatic rings. The molecule has 0 atom stereocenters. The fourth-order valence-corrected chi connectivity index (χ4v) is 20.3. The number of hydrogen-bond acceptors (Lipinski definition) is 12. The summed E-state index contributed by atoms with van der Waals surface area (Å²) in [5.74, 6) is 5.67. The molecule has 0 unspecified atom stereocenters. The zero-order chi connectivity index (χ0) is 90.1. The van der Waals surface area contributed by atoms with Gasteiger partial charge in [-0.1, -0.05) is 364 Å². The van der Waals surface area contributed by atoms with Gasteiger partial charge in [-0.2, -0.15) is 0 Å². The molecule has 29 rings (SSSR count). The van der Waals surface area contributed by atoms with Crippen LogP contribution in [0.4, 0.5) is 0 Å². The van der Waals surface area contributed by atoms with Gasteiger partial charge >= 0.3 is 0 Å². The summed E-state index contributed by atoms with van der Waals surface area (Å²) in [4.78, 5) is 45.9. The summed E-state index contributed by atoms with van der Waals surface area (Å²) < 4.78 is 18.5. The molecule has 0 aliphatic rings. The predicted octanol–water partition coefficient (Wildman–Crippen LogP) is 33.0. The summed E-state index contributed by atoms with van der Waals surface area (Å²) in [7, 11) is 0. The average Bonchev–Trinajstić information content (AvgIpc) is 1.64. The second kappa shape index (κ2) is 32.1. The predicted molar refractivity (Wildman–Crippen MR) is 563 cm³/mol. The molecule has 23 aromatic carbocycles. The minimum absolute atomic E-state index is 0.601. The number of para-hydroxylation sites is 3. The third kappa shape index (κ3) is 13.6. The summed E-state index contributed by atoms with van der Waals surface area (Å²) in [6.07, 6.45) is 0. The Kier molecular flexibility index (Phi) is 18.3.